The minimum Gasteiger partial charge on any atom is -0.308 e. The predicted molar refractivity (Wildman–Crippen MR) is 132 cm³/mol. The summed E-state index contributed by atoms with van der Waals surface area (Å²) >= 11 is 0. The van der Waals surface area contributed by atoms with Gasteiger partial charge < -0.3 is 4.90 Å². The van der Waals surface area contributed by atoms with Crippen LogP contribution in [0.25, 0.3) is 10.8 Å². The standard InChI is InChI=1S/C28H25N3O3/c1-19(2)27(34)23-9-5-10-24(16-23)31(26(33)17-25(32)28-29-13-6-14-30-28)18-20-11-12-21-7-3-4-8-22(21)15-20/h3-16,19H,17-18H2,1-2H3. The summed E-state index contributed by atoms with van der Waals surface area (Å²) in [6.45, 7) is 3.93. The fourth-order valence-electron chi connectivity index (χ4n) is 3.76. The third-order valence-corrected chi connectivity index (χ3v) is 5.55. The van der Waals surface area contributed by atoms with E-state index in [0.717, 1.165) is 16.3 Å². The van der Waals surface area contributed by atoms with Crippen LogP contribution in [-0.2, 0) is 11.3 Å². The van der Waals surface area contributed by atoms with Gasteiger partial charge in [-0.2, -0.15) is 0 Å². The van der Waals surface area contributed by atoms with Crippen LogP contribution in [0.4, 0.5) is 5.69 Å². The molecule has 0 atom stereocenters. The lowest BCUT2D eigenvalue weighted by molar-refractivity contribution is -0.117. The van der Waals surface area contributed by atoms with Crippen molar-refractivity contribution in [3.8, 4) is 0 Å². The maximum Gasteiger partial charge on any atom is 0.235 e. The average molecular weight is 452 g/mol. The molecule has 0 radical (unpaired) electrons. The molecule has 1 aromatic heterocycles. The summed E-state index contributed by atoms with van der Waals surface area (Å²) in [7, 11) is 0. The first-order valence-electron chi connectivity index (χ1n) is 11.1. The summed E-state index contributed by atoms with van der Waals surface area (Å²) in [5, 5.41) is 2.16. The van der Waals surface area contributed by atoms with Crippen molar-refractivity contribution in [1.82, 2.24) is 9.97 Å². The van der Waals surface area contributed by atoms with Gasteiger partial charge in [-0.15, -0.1) is 0 Å². The lowest BCUT2D eigenvalue weighted by Gasteiger charge is -2.24. The van der Waals surface area contributed by atoms with Crippen molar-refractivity contribution in [2.45, 2.75) is 26.8 Å². The highest BCUT2D eigenvalue weighted by Gasteiger charge is 2.23. The van der Waals surface area contributed by atoms with E-state index in [1.54, 1.807) is 35.2 Å². The second kappa shape index (κ2) is 10.2. The number of Topliss-reactive ketones (excluding diaryl/α,β-unsaturated/α-hetero) is 2. The van der Waals surface area contributed by atoms with E-state index >= 15 is 0 Å². The molecule has 0 saturated carbocycles. The molecular weight excluding hydrogens is 426 g/mol. The Morgan fingerprint density at radius 2 is 1.56 bits per heavy atom. The highest BCUT2D eigenvalue weighted by molar-refractivity contribution is 6.10. The van der Waals surface area contributed by atoms with E-state index in [1.807, 2.05) is 56.3 Å². The summed E-state index contributed by atoms with van der Waals surface area (Å²) in [4.78, 5) is 48.1. The molecule has 1 amide bonds. The van der Waals surface area contributed by atoms with Gasteiger partial charge in [-0.1, -0.05) is 62.4 Å². The minimum atomic E-state index is -0.455. The zero-order valence-corrected chi connectivity index (χ0v) is 19.1. The molecule has 4 aromatic rings. The van der Waals surface area contributed by atoms with Crippen molar-refractivity contribution in [3.63, 3.8) is 0 Å². The van der Waals surface area contributed by atoms with E-state index < -0.39 is 5.78 Å². The van der Waals surface area contributed by atoms with Gasteiger partial charge in [0.25, 0.3) is 0 Å². The van der Waals surface area contributed by atoms with Gasteiger partial charge >= 0.3 is 0 Å². The van der Waals surface area contributed by atoms with Gasteiger partial charge in [-0.05, 0) is 40.6 Å². The highest BCUT2D eigenvalue weighted by atomic mass is 16.2. The molecule has 0 aliphatic rings. The maximum absolute atomic E-state index is 13.4. The number of fused-ring (bicyclic) bond motifs is 1. The molecule has 34 heavy (non-hydrogen) atoms. The Labute approximate surface area is 198 Å². The molecule has 0 bridgehead atoms. The van der Waals surface area contributed by atoms with Crippen molar-refractivity contribution in [1.29, 1.82) is 0 Å². The van der Waals surface area contributed by atoms with Gasteiger partial charge in [0.2, 0.25) is 11.7 Å². The second-order valence-electron chi connectivity index (χ2n) is 8.40. The van der Waals surface area contributed by atoms with Crippen LogP contribution in [0.2, 0.25) is 0 Å². The van der Waals surface area contributed by atoms with Crippen LogP contribution >= 0.6 is 0 Å². The minimum absolute atomic E-state index is 0.00485. The third-order valence-electron chi connectivity index (χ3n) is 5.55. The van der Waals surface area contributed by atoms with E-state index in [1.165, 1.54) is 12.4 Å². The number of aromatic nitrogens is 2. The summed E-state index contributed by atoms with van der Waals surface area (Å²) in [6, 6.07) is 22.6. The number of benzene rings is 3. The van der Waals surface area contributed by atoms with Crippen LogP contribution in [0.15, 0.2) is 85.2 Å². The number of rotatable bonds is 8. The fraction of sp³-hybridized carbons (Fsp3) is 0.179. The average Bonchev–Trinajstić information content (AvgIpc) is 2.87. The fourth-order valence-corrected chi connectivity index (χ4v) is 3.76. The molecule has 0 unspecified atom stereocenters. The number of hydrogen-bond donors (Lipinski definition) is 0. The topological polar surface area (TPSA) is 80.2 Å². The normalized spacial score (nSPS) is 10.9. The first-order chi connectivity index (χ1) is 16.4. The zero-order valence-electron chi connectivity index (χ0n) is 19.1. The van der Waals surface area contributed by atoms with Crippen molar-refractivity contribution in [2.75, 3.05) is 4.90 Å². The number of carbonyl (C=O) groups excluding carboxylic acids is 3. The number of anilines is 1. The summed E-state index contributed by atoms with van der Waals surface area (Å²) in [5.41, 5.74) is 2.00. The first kappa shape index (κ1) is 23.0. The van der Waals surface area contributed by atoms with Crippen molar-refractivity contribution in [3.05, 3.63) is 102 Å². The van der Waals surface area contributed by atoms with Gasteiger partial charge in [0, 0.05) is 29.6 Å². The van der Waals surface area contributed by atoms with Crippen molar-refractivity contribution >= 4 is 33.9 Å². The Morgan fingerprint density at radius 3 is 2.29 bits per heavy atom. The number of amides is 1. The lowest BCUT2D eigenvalue weighted by Crippen LogP contribution is -2.32. The Morgan fingerprint density at radius 1 is 0.824 bits per heavy atom. The van der Waals surface area contributed by atoms with Gasteiger partial charge in [0.15, 0.2) is 11.6 Å². The highest BCUT2D eigenvalue weighted by Crippen LogP contribution is 2.24. The van der Waals surface area contributed by atoms with E-state index in [4.69, 9.17) is 0 Å². The smallest absolute Gasteiger partial charge is 0.235 e. The SMILES string of the molecule is CC(C)C(=O)c1cccc(N(Cc2ccc3ccccc3c2)C(=O)CC(=O)c2ncccn2)c1. The number of hydrogen-bond acceptors (Lipinski definition) is 5. The zero-order chi connectivity index (χ0) is 24.1. The van der Waals surface area contributed by atoms with Gasteiger partial charge in [0.05, 0.1) is 13.0 Å². The first-order valence-corrected chi connectivity index (χ1v) is 11.1. The molecule has 3 aromatic carbocycles. The number of nitrogens with zero attached hydrogens (tertiary/aromatic N) is 3. The van der Waals surface area contributed by atoms with Crippen molar-refractivity contribution < 1.29 is 14.4 Å². The third kappa shape index (κ3) is 5.23. The molecule has 0 saturated heterocycles. The molecular formula is C28H25N3O3. The van der Waals surface area contributed by atoms with Crippen molar-refractivity contribution in [2.24, 2.45) is 5.92 Å². The maximum atomic E-state index is 13.4. The Balaban J connectivity index is 1.68. The summed E-state index contributed by atoms with van der Waals surface area (Å²) in [6.07, 6.45) is 2.57. The van der Waals surface area contributed by atoms with Crippen LogP contribution < -0.4 is 4.90 Å². The molecule has 170 valence electrons. The van der Waals surface area contributed by atoms with Gasteiger partial charge in [-0.3, -0.25) is 14.4 Å². The molecule has 6 nitrogen and oxygen atoms in total. The van der Waals surface area contributed by atoms with Crippen LogP contribution in [0, 0.1) is 5.92 Å². The summed E-state index contributed by atoms with van der Waals surface area (Å²) < 4.78 is 0. The predicted octanol–water partition coefficient (Wildman–Crippen LogP) is 5.27. The van der Waals surface area contributed by atoms with Gasteiger partial charge in [0.1, 0.15) is 0 Å². The van der Waals surface area contributed by atoms with Crippen LogP contribution in [-0.4, -0.2) is 27.4 Å². The van der Waals surface area contributed by atoms with E-state index in [0.29, 0.717) is 11.3 Å². The Hall–Kier alpha value is -4.19. The molecule has 0 fully saturated rings. The molecule has 4 rings (SSSR count). The number of carbonyl (C=O) groups is 3. The van der Waals surface area contributed by atoms with E-state index in [-0.39, 0.29) is 36.4 Å². The molecule has 0 spiro atoms. The largest absolute Gasteiger partial charge is 0.308 e. The monoisotopic (exact) mass is 451 g/mol. The van der Waals surface area contributed by atoms with Crippen LogP contribution in [0.5, 0.6) is 0 Å². The Kier molecular flexibility index (Phi) is 6.87. The van der Waals surface area contributed by atoms with E-state index in [9.17, 15) is 14.4 Å². The van der Waals surface area contributed by atoms with Crippen LogP contribution in [0.1, 0.15) is 46.8 Å². The van der Waals surface area contributed by atoms with Gasteiger partial charge in [-0.25, -0.2) is 9.97 Å². The molecule has 0 aliphatic heterocycles. The Bertz CT molecular complexity index is 1350. The number of ketones is 2. The molecule has 0 aliphatic carbocycles. The lowest BCUT2D eigenvalue weighted by atomic mass is 10.00. The molecule has 0 N–H and O–H groups in total. The molecule has 1 heterocycles. The quantitative estimate of drug-likeness (QED) is 0.269. The molecule has 6 heteroatoms. The summed E-state index contributed by atoms with van der Waals surface area (Å²) in [5.74, 6) is -1.01. The second-order valence-corrected chi connectivity index (χ2v) is 8.40. The van der Waals surface area contributed by atoms with Crippen LogP contribution in [0.3, 0.4) is 0 Å². The van der Waals surface area contributed by atoms with E-state index in [2.05, 4.69) is 9.97 Å².